The van der Waals surface area contributed by atoms with Crippen molar-refractivity contribution in [1.29, 1.82) is 1.12 Å². The van der Waals surface area contributed by atoms with Gasteiger partial charge in [0.05, 0.1) is 5.56 Å². The summed E-state index contributed by atoms with van der Waals surface area (Å²) >= 11 is 1.000. The summed E-state index contributed by atoms with van der Waals surface area (Å²) in [6.07, 6.45) is 6.28. The number of carboxylic acid groups (broad SMARTS) is 1. The van der Waals surface area contributed by atoms with Crippen molar-refractivity contribution >= 4 is 48.3 Å². The maximum Gasteiger partial charge on any atom is 0.539 e. The standard InChI is InChI=1S/C13H12N2O6.C8H9NO2.C7H6O3.C2H2.CH5N.CH4S.CH4/c1-14-12(18)8-2-4-9(5-3-8)20-13(19)21-15-10(16)6-7-11(15)17;1-9-8(11)6-2-4-7(10)5-3-6;8-6-3-1-5(2-4-6)7(9)10;3*1-2;/h2-5H,6-7H2,1H3,(H,14,18);2-5,10H,1H3,(H,9,11);1-4,8H,(H,9,10);1-2H;2H2,1H3;2H,1H3;1H4/i;;;1D;;;/hD. The smallest absolute Gasteiger partial charge is 0.508 e. The van der Waals surface area contributed by atoms with E-state index < -0.39 is 23.9 Å². The van der Waals surface area contributed by atoms with E-state index in [1.54, 1.807) is 25.4 Å². The van der Waals surface area contributed by atoms with Crippen LogP contribution in [0, 0.1) is 12.8 Å². The molecule has 0 aliphatic carbocycles. The van der Waals surface area contributed by atoms with E-state index in [2.05, 4.69) is 27.6 Å². The fraction of sp³-hybridized carbons (Fsp3) is 0.212. The van der Waals surface area contributed by atoms with Crippen LogP contribution >= 0.6 is 12.5 Å². The fourth-order valence-corrected chi connectivity index (χ4v) is 3.03. The second-order valence-corrected chi connectivity index (χ2v) is 8.11. The number of terminal acetylenes is 1. The van der Waals surface area contributed by atoms with Crippen LogP contribution in [-0.4, -0.2) is 84.7 Å². The maximum absolute atomic E-state index is 11.5. The van der Waals surface area contributed by atoms with Crippen molar-refractivity contribution in [2.45, 2.75) is 20.3 Å². The van der Waals surface area contributed by atoms with Crippen molar-refractivity contribution in [3.8, 4) is 30.1 Å². The Morgan fingerprint density at radius 2 is 1.14 bits per heavy atom. The first-order valence-electron chi connectivity index (χ1n) is 14.2. The number of nitrogens with one attached hydrogen (secondary N) is 2. The highest BCUT2D eigenvalue weighted by Crippen LogP contribution is 2.16. The quantitative estimate of drug-likeness (QED) is 0.0665. The number of phenols is 2. The van der Waals surface area contributed by atoms with Gasteiger partial charge in [-0.3, -0.25) is 24.0 Å². The van der Waals surface area contributed by atoms with E-state index in [-0.39, 0.29) is 54.9 Å². The third kappa shape index (κ3) is 18.0. The number of phenolic OH excluding ortho intramolecular Hbond substituents is 2. The number of thiol groups is 1. The molecule has 1 heterocycles. The number of carbonyl (C=O) groups is 6. The molecule has 0 atom stereocenters. The zero-order valence-electron chi connectivity index (χ0n) is 28.5. The van der Waals surface area contributed by atoms with Gasteiger partial charge in [0.15, 0.2) is 0 Å². The number of carboxylic acids is 1. The lowest BCUT2D eigenvalue weighted by molar-refractivity contribution is -0.174. The van der Waals surface area contributed by atoms with Crippen LogP contribution in [0.25, 0.3) is 0 Å². The average Bonchev–Trinajstić information content (AvgIpc) is 3.42. The molecule has 7 N–H and O–H groups in total. The topological polar surface area (TPSA) is 235 Å². The number of hydroxylamine groups is 2. The Morgan fingerprint density at radius 1 is 0.816 bits per heavy atom. The molecule has 0 saturated carbocycles. The molecule has 49 heavy (non-hydrogen) atoms. The number of imide groups is 1. The van der Waals surface area contributed by atoms with E-state index in [1.807, 2.05) is 0 Å². The number of nitrogens with zero attached hydrogens (tertiary/aromatic N) is 1. The first-order chi connectivity index (χ1) is 23.8. The summed E-state index contributed by atoms with van der Waals surface area (Å²) in [6.45, 7) is 0. The summed E-state index contributed by atoms with van der Waals surface area (Å²) in [7, 11) is 4.56. The number of nitrogens with two attached hydrogens (primary N) is 1. The van der Waals surface area contributed by atoms with Gasteiger partial charge in [0.25, 0.3) is 23.6 Å². The number of hydrogen-bond donors (Lipinski definition) is 7. The molecule has 16 heteroatoms. The molecule has 0 spiro atoms. The molecule has 4 rings (SSSR count). The predicted octanol–water partition coefficient (Wildman–Crippen LogP) is 3.47. The summed E-state index contributed by atoms with van der Waals surface area (Å²) in [5, 5.41) is 31.3. The Labute approximate surface area is 292 Å². The number of ether oxygens (including phenoxy) is 1. The van der Waals surface area contributed by atoms with Crippen molar-refractivity contribution in [2.24, 2.45) is 5.73 Å². The number of benzene rings is 3. The number of aromatic hydroxyl groups is 2. The van der Waals surface area contributed by atoms with Crippen molar-refractivity contribution in [3.05, 3.63) is 89.5 Å². The van der Waals surface area contributed by atoms with Gasteiger partial charge in [-0.05, 0) is 86.1 Å². The second-order valence-electron chi connectivity index (χ2n) is 8.11. The number of amides is 4. The van der Waals surface area contributed by atoms with E-state index in [1.165, 1.54) is 81.2 Å². The van der Waals surface area contributed by atoms with Crippen LogP contribution in [0.1, 0.15) is 52.7 Å². The summed E-state index contributed by atoms with van der Waals surface area (Å²) in [6, 6.07) is 17.1. The molecule has 0 radical (unpaired) electrons. The highest BCUT2D eigenvalue weighted by Gasteiger charge is 2.33. The SMILES string of the molecule is C.CN.CNC(=O)c1ccc(O)cc1.CNC(=O)c1ccc(OC(=O)ON2C(=O)CCC2=O)cc1.O=C(O)c1ccc(O)cc1.[2H]C#C.[2H]SC. The molecular weight excluding hydrogens is 660 g/mol. The van der Waals surface area contributed by atoms with Crippen molar-refractivity contribution < 1.29 is 55.0 Å². The summed E-state index contributed by atoms with van der Waals surface area (Å²) < 4.78 is 16.7. The van der Waals surface area contributed by atoms with Crippen LogP contribution in [-0.2, 0) is 14.4 Å². The van der Waals surface area contributed by atoms with Gasteiger partial charge in [0, 0.05) is 38.1 Å². The molecule has 0 bridgehead atoms. The first kappa shape index (κ1) is 43.0. The van der Waals surface area contributed by atoms with E-state index in [9.17, 15) is 28.8 Å². The molecule has 0 unspecified atom stereocenters. The summed E-state index contributed by atoms with van der Waals surface area (Å²) in [4.78, 5) is 71.0. The van der Waals surface area contributed by atoms with Crippen LogP contribution in [0.5, 0.6) is 17.2 Å². The number of carbonyl (C=O) groups excluding carboxylic acids is 5. The number of rotatable bonds is 5. The normalized spacial score (nSPS) is 10.7. The van der Waals surface area contributed by atoms with Crippen LogP contribution in [0.15, 0.2) is 72.8 Å². The monoisotopic (exact) mass is 704 g/mol. The molecule has 266 valence electrons. The number of aromatic carboxylic acids is 1. The predicted molar refractivity (Wildman–Crippen MR) is 186 cm³/mol. The molecule has 0 aromatic heterocycles. The van der Waals surface area contributed by atoms with Gasteiger partial charge in [0.2, 0.25) is 0 Å². The van der Waals surface area contributed by atoms with Gasteiger partial charge >= 0.3 is 12.1 Å². The van der Waals surface area contributed by atoms with E-state index in [0.717, 1.165) is 12.5 Å². The Balaban J connectivity index is -0.000000651. The lowest BCUT2D eigenvalue weighted by Gasteiger charge is -2.12. The summed E-state index contributed by atoms with van der Waals surface area (Å²) in [5.41, 5.74) is 5.62. The van der Waals surface area contributed by atoms with Gasteiger partial charge in [0.1, 0.15) is 19.7 Å². The van der Waals surface area contributed by atoms with E-state index >= 15 is 0 Å². The van der Waals surface area contributed by atoms with Crippen LogP contribution in [0.4, 0.5) is 4.79 Å². The Hall–Kier alpha value is -6.05. The van der Waals surface area contributed by atoms with Gasteiger partial charge in [-0.2, -0.15) is 12.5 Å². The molecule has 15 nitrogen and oxygen atoms in total. The molecule has 1 aliphatic heterocycles. The largest absolute Gasteiger partial charge is 0.539 e. The summed E-state index contributed by atoms with van der Waals surface area (Å²) in [5.74, 6) is -2.24. The van der Waals surface area contributed by atoms with Gasteiger partial charge in [-0.1, -0.05) is 12.5 Å². The van der Waals surface area contributed by atoms with Crippen molar-refractivity contribution in [1.82, 2.24) is 15.7 Å². The molecule has 1 aliphatic rings. The maximum atomic E-state index is 11.5. The highest BCUT2D eigenvalue weighted by molar-refractivity contribution is 7.79. The van der Waals surface area contributed by atoms with Crippen LogP contribution in [0.3, 0.4) is 0 Å². The molecule has 4 amide bonds. The lowest BCUT2D eigenvalue weighted by Crippen LogP contribution is -2.33. The third-order valence-electron chi connectivity index (χ3n) is 5.19. The fourth-order valence-electron chi connectivity index (χ4n) is 3.03. The molecular formula is C33H42N4O11S. The molecule has 1 saturated heterocycles. The molecule has 1 fully saturated rings. The average molecular weight is 705 g/mol. The Morgan fingerprint density at radius 3 is 1.47 bits per heavy atom. The molecule has 3 aromatic rings. The molecule has 3 aromatic carbocycles. The second kappa shape index (κ2) is 27.1. The Bertz CT molecular complexity index is 1540. The minimum atomic E-state index is -1.20. The van der Waals surface area contributed by atoms with E-state index in [4.69, 9.17) is 22.6 Å². The first-order valence-corrected chi connectivity index (χ1v) is 14.1. The van der Waals surface area contributed by atoms with Crippen LogP contribution in [0.2, 0.25) is 0 Å². The highest BCUT2D eigenvalue weighted by atomic mass is 32.1. The third-order valence-corrected chi connectivity index (χ3v) is 5.19. The zero-order chi connectivity index (χ0) is 38.6. The van der Waals surface area contributed by atoms with Crippen LogP contribution < -0.4 is 21.1 Å². The Kier molecular flexibility index (Phi) is 23.8. The van der Waals surface area contributed by atoms with Crippen molar-refractivity contribution in [3.63, 3.8) is 0 Å². The van der Waals surface area contributed by atoms with E-state index in [0.29, 0.717) is 16.2 Å². The lowest BCUT2D eigenvalue weighted by atomic mass is 10.2. The minimum Gasteiger partial charge on any atom is -0.508 e. The minimum absolute atomic E-state index is 0. The number of hydrogen-bond acceptors (Lipinski definition) is 12. The van der Waals surface area contributed by atoms with Gasteiger partial charge in [-0.25, -0.2) is 9.59 Å². The zero-order valence-corrected chi connectivity index (χ0v) is 27.3. The van der Waals surface area contributed by atoms with Gasteiger partial charge < -0.3 is 36.4 Å². The van der Waals surface area contributed by atoms with Crippen molar-refractivity contribution in [2.75, 3.05) is 27.4 Å². The van der Waals surface area contributed by atoms with Gasteiger partial charge in [-0.15, -0.1) is 12.8 Å².